The molecular formula is C13H17NO5. The van der Waals surface area contributed by atoms with E-state index in [1.807, 2.05) is 0 Å². The second kappa shape index (κ2) is 7.25. The third-order valence-electron chi connectivity index (χ3n) is 2.37. The van der Waals surface area contributed by atoms with Gasteiger partial charge in [-0.05, 0) is 24.6 Å². The molecule has 104 valence electrons. The first-order chi connectivity index (χ1) is 9.01. The molecule has 0 heterocycles. The molecule has 1 aromatic rings. The summed E-state index contributed by atoms with van der Waals surface area (Å²) in [5, 5.41) is 11.0. The molecule has 0 spiro atoms. The molecule has 2 N–H and O–H groups in total. The van der Waals surface area contributed by atoms with Gasteiger partial charge >= 0.3 is 12.1 Å². The van der Waals surface area contributed by atoms with Crippen LogP contribution in [0.5, 0.6) is 5.75 Å². The van der Waals surface area contributed by atoms with E-state index in [1.54, 1.807) is 38.3 Å². The van der Waals surface area contributed by atoms with Gasteiger partial charge in [0.05, 0.1) is 13.5 Å². The minimum Gasteiger partial charge on any atom is -0.497 e. The van der Waals surface area contributed by atoms with Crippen LogP contribution in [0.3, 0.4) is 0 Å². The molecule has 6 heteroatoms. The number of nitrogens with one attached hydrogen (secondary N) is 1. The molecule has 1 atom stereocenters. The minimum absolute atomic E-state index is 0.121. The van der Waals surface area contributed by atoms with Crippen LogP contribution in [-0.4, -0.2) is 30.3 Å². The Morgan fingerprint density at radius 3 is 2.47 bits per heavy atom. The van der Waals surface area contributed by atoms with Crippen LogP contribution in [0.4, 0.5) is 4.79 Å². The van der Waals surface area contributed by atoms with E-state index < -0.39 is 18.1 Å². The van der Waals surface area contributed by atoms with Crippen molar-refractivity contribution in [3.05, 3.63) is 29.8 Å². The van der Waals surface area contributed by atoms with E-state index in [-0.39, 0.29) is 13.0 Å². The van der Waals surface area contributed by atoms with E-state index >= 15 is 0 Å². The van der Waals surface area contributed by atoms with Crippen molar-refractivity contribution < 1.29 is 24.2 Å². The second-order valence-corrected chi connectivity index (χ2v) is 4.07. The third-order valence-corrected chi connectivity index (χ3v) is 2.37. The standard InChI is InChI=1S/C13H17NO5/c1-9(7-12(15)16)14-13(17)19-8-10-3-5-11(18-2)6-4-10/h3-6,9H,7-8H2,1-2H3,(H,14,17)(H,15,16)/t9-/m1/s1. The first-order valence-corrected chi connectivity index (χ1v) is 5.79. The smallest absolute Gasteiger partial charge is 0.407 e. The largest absolute Gasteiger partial charge is 0.497 e. The van der Waals surface area contributed by atoms with Crippen molar-refractivity contribution in [1.29, 1.82) is 0 Å². The Kier molecular flexibility index (Phi) is 5.66. The van der Waals surface area contributed by atoms with Crippen molar-refractivity contribution >= 4 is 12.1 Å². The van der Waals surface area contributed by atoms with Crippen LogP contribution in [-0.2, 0) is 16.1 Å². The Labute approximate surface area is 111 Å². The molecule has 1 amide bonds. The number of carboxylic acid groups (broad SMARTS) is 1. The van der Waals surface area contributed by atoms with Gasteiger partial charge in [-0.25, -0.2) is 4.79 Å². The highest BCUT2D eigenvalue weighted by Gasteiger charge is 2.11. The van der Waals surface area contributed by atoms with Gasteiger partial charge in [0.2, 0.25) is 0 Å². The minimum atomic E-state index is -0.969. The molecule has 0 radical (unpaired) electrons. The zero-order valence-corrected chi connectivity index (χ0v) is 10.9. The van der Waals surface area contributed by atoms with E-state index in [4.69, 9.17) is 14.6 Å². The monoisotopic (exact) mass is 267 g/mol. The lowest BCUT2D eigenvalue weighted by Gasteiger charge is -2.12. The number of hydrogen-bond donors (Lipinski definition) is 2. The number of carbonyl (C=O) groups is 2. The van der Waals surface area contributed by atoms with Crippen LogP contribution >= 0.6 is 0 Å². The average molecular weight is 267 g/mol. The Morgan fingerprint density at radius 2 is 1.95 bits per heavy atom. The molecule has 0 saturated heterocycles. The number of rotatable bonds is 6. The average Bonchev–Trinajstić information content (AvgIpc) is 2.36. The summed E-state index contributed by atoms with van der Waals surface area (Å²) in [6.07, 6.45) is -0.776. The summed E-state index contributed by atoms with van der Waals surface area (Å²) in [4.78, 5) is 21.8. The maximum absolute atomic E-state index is 11.4. The molecule has 1 rings (SSSR count). The summed E-state index contributed by atoms with van der Waals surface area (Å²) in [6, 6.07) is 6.63. The van der Waals surface area contributed by atoms with Crippen molar-refractivity contribution in [2.45, 2.75) is 26.0 Å². The van der Waals surface area contributed by atoms with E-state index in [1.165, 1.54) is 0 Å². The van der Waals surface area contributed by atoms with Crippen molar-refractivity contribution in [3.8, 4) is 5.75 Å². The maximum Gasteiger partial charge on any atom is 0.407 e. The summed E-state index contributed by atoms with van der Waals surface area (Å²) in [7, 11) is 1.57. The number of ether oxygens (including phenoxy) is 2. The molecule has 0 bridgehead atoms. The summed E-state index contributed by atoms with van der Waals surface area (Å²) in [6.45, 7) is 1.72. The van der Waals surface area contributed by atoms with E-state index in [0.29, 0.717) is 0 Å². The lowest BCUT2D eigenvalue weighted by molar-refractivity contribution is -0.137. The molecule has 6 nitrogen and oxygen atoms in total. The molecule has 1 aromatic carbocycles. The van der Waals surface area contributed by atoms with Crippen LogP contribution in [0.2, 0.25) is 0 Å². The molecule has 0 aliphatic carbocycles. The predicted molar refractivity (Wildman–Crippen MR) is 68.0 cm³/mol. The summed E-state index contributed by atoms with van der Waals surface area (Å²) >= 11 is 0. The summed E-state index contributed by atoms with van der Waals surface area (Å²) in [5.41, 5.74) is 0.821. The number of methoxy groups -OCH3 is 1. The van der Waals surface area contributed by atoms with Gasteiger partial charge < -0.3 is 19.9 Å². The molecule has 0 fully saturated rings. The summed E-state index contributed by atoms with van der Waals surface area (Å²) < 4.78 is 9.98. The number of benzene rings is 1. The van der Waals surface area contributed by atoms with Crippen LogP contribution in [0, 0.1) is 0 Å². The van der Waals surface area contributed by atoms with Crippen LogP contribution in [0.25, 0.3) is 0 Å². The van der Waals surface area contributed by atoms with Gasteiger partial charge in [-0.3, -0.25) is 4.79 Å². The number of hydrogen-bond acceptors (Lipinski definition) is 4. The number of carbonyl (C=O) groups excluding carboxylic acids is 1. The van der Waals surface area contributed by atoms with Gasteiger partial charge in [0.1, 0.15) is 12.4 Å². The highest BCUT2D eigenvalue weighted by molar-refractivity contribution is 5.71. The topological polar surface area (TPSA) is 84.9 Å². The normalized spacial score (nSPS) is 11.5. The molecule has 0 aliphatic heterocycles. The zero-order valence-electron chi connectivity index (χ0n) is 10.9. The van der Waals surface area contributed by atoms with E-state index in [2.05, 4.69) is 5.32 Å². The van der Waals surface area contributed by atoms with Crippen molar-refractivity contribution in [3.63, 3.8) is 0 Å². The molecule has 19 heavy (non-hydrogen) atoms. The predicted octanol–water partition coefficient (Wildman–Crippen LogP) is 1.78. The van der Waals surface area contributed by atoms with Crippen molar-refractivity contribution in [1.82, 2.24) is 5.32 Å². The maximum atomic E-state index is 11.4. The highest BCUT2D eigenvalue weighted by atomic mass is 16.5. The number of amides is 1. The third kappa shape index (κ3) is 5.76. The number of carboxylic acids is 1. The quantitative estimate of drug-likeness (QED) is 0.820. The summed E-state index contributed by atoms with van der Waals surface area (Å²) in [5.74, 6) is -0.244. The van der Waals surface area contributed by atoms with Gasteiger partial charge in [-0.1, -0.05) is 12.1 Å². The number of alkyl carbamates (subject to hydrolysis) is 1. The van der Waals surface area contributed by atoms with Crippen LogP contribution < -0.4 is 10.1 Å². The lowest BCUT2D eigenvalue weighted by Crippen LogP contribution is -2.34. The Bertz CT molecular complexity index is 429. The second-order valence-electron chi connectivity index (χ2n) is 4.07. The van der Waals surface area contributed by atoms with E-state index in [9.17, 15) is 9.59 Å². The molecular weight excluding hydrogens is 250 g/mol. The SMILES string of the molecule is COc1ccc(COC(=O)N[C@H](C)CC(=O)O)cc1. The molecule has 0 aromatic heterocycles. The molecule has 0 saturated carbocycles. The Hall–Kier alpha value is -2.24. The Morgan fingerprint density at radius 1 is 1.32 bits per heavy atom. The highest BCUT2D eigenvalue weighted by Crippen LogP contribution is 2.11. The lowest BCUT2D eigenvalue weighted by atomic mass is 10.2. The van der Waals surface area contributed by atoms with Gasteiger partial charge in [-0.15, -0.1) is 0 Å². The van der Waals surface area contributed by atoms with Crippen molar-refractivity contribution in [2.24, 2.45) is 0 Å². The first kappa shape index (κ1) is 14.8. The molecule has 0 unspecified atom stereocenters. The fraction of sp³-hybridized carbons (Fsp3) is 0.385. The fourth-order valence-electron chi connectivity index (χ4n) is 1.43. The fourth-order valence-corrected chi connectivity index (χ4v) is 1.43. The van der Waals surface area contributed by atoms with Crippen LogP contribution in [0.15, 0.2) is 24.3 Å². The van der Waals surface area contributed by atoms with Gasteiger partial charge in [0.25, 0.3) is 0 Å². The first-order valence-electron chi connectivity index (χ1n) is 5.79. The van der Waals surface area contributed by atoms with Gasteiger partial charge in [0.15, 0.2) is 0 Å². The van der Waals surface area contributed by atoms with Crippen LogP contribution in [0.1, 0.15) is 18.9 Å². The van der Waals surface area contributed by atoms with Gasteiger partial charge in [-0.2, -0.15) is 0 Å². The zero-order chi connectivity index (χ0) is 14.3. The molecule has 0 aliphatic rings. The number of aliphatic carboxylic acids is 1. The Balaban J connectivity index is 2.34. The van der Waals surface area contributed by atoms with Crippen molar-refractivity contribution in [2.75, 3.05) is 7.11 Å². The van der Waals surface area contributed by atoms with Gasteiger partial charge in [0, 0.05) is 6.04 Å². The van der Waals surface area contributed by atoms with E-state index in [0.717, 1.165) is 11.3 Å².